The number of furan rings is 1. The first-order valence-electron chi connectivity index (χ1n) is 6.00. The van der Waals surface area contributed by atoms with Gasteiger partial charge in [-0.3, -0.25) is 0 Å². The van der Waals surface area contributed by atoms with E-state index in [-0.39, 0.29) is 21.1 Å². The van der Waals surface area contributed by atoms with Crippen molar-refractivity contribution in [3.8, 4) is 0 Å². The van der Waals surface area contributed by atoms with Gasteiger partial charge in [0.15, 0.2) is 4.67 Å². The average molecular weight is 378 g/mol. The number of aliphatic hydroxyl groups is 1. The summed E-state index contributed by atoms with van der Waals surface area (Å²) in [5.41, 5.74) is 0.627. The first-order chi connectivity index (χ1) is 9.83. The van der Waals surface area contributed by atoms with Crippen LogP contribution in [0.4, 0.5) is 4.39 Å². The maximum Gasteiger partial charge on any atom is 0.245 e. The van der Waals surface area contributed by atoms with E-state index in [4.69, 9.17) is 9.52 Å². The molecule has 114 valence electrons. The SMILES string of the molecule is CC(NS(=O)(=O)c1cc(CO)oc1Br)c1ccc(F)cc1. The molecule has 0 spiro atoms. The summed E-state index contributed by atoms with van der Waals surface area (Å²) in [6, 6.07) is 6.23. The van der Waals surface area contributed by atoms with Crippen LogP contribution in [0.5, 0.6) is 0 Å². The van der Waals surface area contributed by atoms with Crippen molar-refractivity contribution in [2.45, 2.75) is 24.5 Å². The molecular formula is C13H13BrFNO4S. The lowest BCUT2D eigenvalue weighted by Crippen LogP contribution is -2.26. The summed E-state index contributed by atoms with van der Waals surface area (Å²) >= 11 is 3.00. The molecule has 0 aliphatic rings. The fourth-order valence-electron chi connectivity index (χ4n) is 1.77. The minimum atomic E-state index is -3.83. The van der Waals surface area contributed by atoms with Gasteiger partial charge in [-0.2, -0.15) is 0 Å². The van der Waals surface area contributed by atoms with E-state index in [1.54, 1.807) is 6.92 Å². The van der Waals surface area contributed by atoms with E-state index in [1.165, 1.54) is 30.3 Å². The molecule has 1 aromatic carbocycles. The summed E-state index contributed by atoms with van der Waals surface area (Å²) in [4.78, 5) is -0.0967. The first-order valence-corrected chi connectivity index (χ1v) is 8.28. The van der Waals surface area contributed by atoms with Gasteiger partial charge in [0.1, 0.15) is 23.1 Å². The third-order valence-corrected chi connectivity index (χ3v) is 5.25. The van der Waals surface area contributed by atoms with E-state index >= 15 is 0 Å². The zero-order chi connectivity index (χ0) is 15.6. The summed E-state index contributed by atoms with van der Waals surface area (Å²) in [7, 11) is -3.83. The Labute approximate surface area is 130 Å². The molecule has 0 fully saturated rings. The lowest BCUT2D eigenvalue weighted by molar-refractivity contribution is 0.245. The van der Waals surface area contributed by atoms with Crippen LogP contribution in [0.2, 0.25) is 0 Å². The molecule has 0 saturated heterocycles. The maximum atomic E-state index is 12.9. The highest BCUT2D eigenvalue weighted by molar-refractivity contribution is 9.10. The molecule has 0 bridgehead atoms. The van der Waals surface area contributed by atoms with Gasteiger partial charge in [-0.1, -0.05) is 12.1 Å². The number of hydrogen-bond acceptors (Lipinski definition) is 4. The van der Waals surface area contributed by atoms with Gasteiger partial charge in [-0.15, -0.1) is 0 Å². The Morgan fingerprint density at radius 2 is 2.00 bits per heavy atom. The molecule has 1 aromatic heterocycles. The van der Waals surface area contributed by atoms with Crippen LogP contribution in [0.25, 0.3) is 0 Å². The second-order valence-corrected chi connectivity index (χ2v) is 6.81. The standard InChI is InChI=1S/C13H13BrFNO4S/c1-8(9-2-4-10(15)5-3-9)16-21(18,19)12-6-11(7-17)20-13(12)14/h2-6,8,16-17H,7H2,1H3. The third kappa shape index (κ3) is 3.70. The second-order valence-electron chi connectivity index (χ2n) is 4.40. The van der Waals surface area contributed by atoms with Crippen molar-refractivity contribution in [2.75, 3.05) is 0 Å². The molecule has 2 rings (SSSR count). The fraction of sp³-hybridized carbons (Fsp3) is 0.231. The lowest BCUT2D eigenvalue weighted by atomic mass is 10.1. The molecule has 8 heteroatoms. The molecule has 1 heterocycles. The second kappa shape index (κ2) is 6.27. The van der Waals surface area contributed by atoms with Crippen LogP contribution in [-0.4, -0.2) is 13.5 Å². The molecule has 2 aromatic rings. The molecule has 1 atom stereocenters. The molecule has 5 nitrogen and oxygen atoms in total. The zero-order valence-electron chi connectivity index (χ0n) is 11.0. The van der Waals surface area contributed by atoms with Gasteiger partial charge >= 0.3 is 0 Å². The Balaban J connectivity index is 2.24. The topological polar surface area (TPSA) is 79.5 Å². The van der Waals surface area contributed by atoms with Crippen molar-refractivity contribution < 1.29 is 22.3 Å². The summed E-state index contributed by atoms with van der Waals surface area (Å²) in [5.74, 6) is -0.254. The van der Waals surface area contributed by atoms with Gasteiger partial charge in [-0.05, 0) is 40.5 Å². The van der Waals surface area contributed by atoms with Crippen LogP contribution >= 0.6 is 15.9 Å². The largest absolute Gasteiger partial charge is 0.450 e. The Hall–Kier alpha value is -1.22. The van der Waals surface area contributed by atoms with Crippen molar-refractivity contribution in [3.05, 3.63) is 52.1 Å². The number of halogens is 2. The van der Waals surface area contributed by atoms with Gasteiger partial charge in [0.2, 0.25) is 10.0 Å². The van der Waals surface area contributed by atoms with E-state index in [1.807, 2.05) is 0 Å². The molecular weight excluding hydrogens is 365 g/mol. The molecule has 1 unspecified atom stereocenters. The smallest absolute Gasteiger partial charge is 0.245 e. The predicted molar refractivity (Wildman–Crippen MR) is 77.5 cm³/mol. The molecule has 0 aliphatic heterocycles. The Morgan fingerprint density at radius 1 is 1.38 bits per heavy atom. The van der Waals surface area contributed by atoms with E-state index in [0.29, 0.717) is 5.56 Å². The summed E-state index contributed by atoms with van der Waals surface area (Å²) in [6.45, 7) is 1.24. The normalized spacial score (nSPS) is 13.3. The minimum Gasteiger partial charge on any atom is -0.450 e. The van der Waals surface area contributed by atoms with E-state index in [0.717, 1.165) is 0 Å². The summed E-state index contributed by atoms with van der Waals surface area (Å²) < 4.78 is 45.0. The number of aliphatic hydroxyl groups excluding tert-OH is 1. The Kier molecular flexibility index (Phi) is 4.82. The number of nitrogens with one attached hydrogen (secondary N) is 1. The highest BCUT2D eigenvalue weighted by Gasteiger charge is 2.24. The number of benzene rings is 1. The highest BCUT2D eigenvalue weighted by atomic mass is 79.9. The van der Waals surface area contributed by atoms with Gasteiger partial charge in [-0.25, -0.2) is 17.5 Å². The Morgan fingerprint density at radius 3 is 2.52 bits per heavy atom. The number of rotatable bonds is 5. The quantitative estimate of drug-likeness (QED) is 0.839. The van der Waals surface area contributed by atoms with E-state index in [2.05, 4.69) is 20.7 Å². The molecule has 0 amide bonds. The van der Waals surface area contributed by atoms with E-state index in [9.17, 15) is 12.8 Å². The zero-order valence-corrected chi connectivity index (χ0v) is 13.4. The summed E-state index contributed by atoms with van der Waals surface area (Å²) in [5, 5.41) is 8.96. The van der Waals surface area contributed by atoms with Crippen molar-refractivity contribution in [3.63, 3.8) is 0 Å². The van der Waals surface area contributed by atoms with Gasteiger partial charge < -0.3 is 9.52 Å². The van der Waals surface area contributed by atoms with Crippen LogP contribution < -0.4 is 4.72 Å². The molecule has 0 aliphatic carbocycles. The van der Waals surface area contributed by atoms with Crippen molar-refractivity contribution in [1.29, 1.82) is 0 Å². The third-order valence-electron chi connectivity index (χ3n) is 2.85. The van der Waals surface area contributed by atoms with E-state index < -0.39 is 22.7 Å². The van der Waals surface area contributed by atoms with Gasteiger partial charge in [0, 0.05) is 12.1 Å². The molecule has 21 heavy (non-hydrogen) atoms. The van der Waals surface area contributed by atoms with Gasteiger partial charge in [0.25, 0.3) is 0 Å². The molecule has 0 saturated carbocycles. The monoisotopic (exact) mass is 377 g/mol. The first kappa shape index (κ1) is 16.2. The average Bonchev–Trinajstić information content (AvgIpc) is 2.81. The van der Waals surface area contributed by atoms with Crippen molar-refractivity contribution in [2.24, 2.45) is 0 Å². The van der Waals surface area contributed by atoms with Gasteiger partial charge in [0.05, 0.1) is 0 Å². The highest BCUT2D eigenvalue weighted by Crippen LogP contribution is 2.27. The summed E-state index contributed by atoms with van der Waals surface area (Å²) in [6.07, 6.45) is 0. The lowest BCUT2D eigenvalue weighted by Gasteiger charge is -2.14. The van der Waals surface area contributed by atoms with Crippen LogP contribution in [-0.2, 0) is 16.6 Å². The van der Waals surface area contributed by atoms with Crippen LogP contribution in [0, 0.1) is 5.82 Å². The number of sulfonamides is 1. The Bertz CT molecular complexity index is 727. The molecule has 0 radical (unpaired) electrons. The van der Waals surface area contributed by atoms with Crippen molar-refractivity contribution in [1.82, 2.24) is 4.72 Å². The maximum absolute atomic E-state index is 12.9. The van der Waals surface area contributed by atoms with Crippen LogP contribution in [0.1, 0.15) is 24.3 Å². The minimum absolute atomic E-state index is 0.0188. The predicted octanol–water partition coefficient (Wildman–Crippen LogP) is 2.71. The molecule has 2 N–H and O–H groups in total. The van der Waals surface area contributed by atoms with Crippen molar-refractivity contribution >= 4 is 26.0 Å². The fourth-order valence-corrected chi connectivity index (χ4v) is 4.00. The van der Waals surface area contributed by atoms with Crippen LogP contribution in [0.3, 0.4) is 0 Å². The van der Waals surface area contributed by atoms with Crippen LogP contribution in [0.15, 0.2) is 44.3 Å². The number of hydrogen-bond donors (Lipinski definition) is 2.